The minimum Gasteiger partial charge on any atom is -0.376 e. The third-order valence-corrected chi connectivity index (χ3v) is 5.20. The van der Waals surface area contributed by atoms with E-state index in [1.54, 1.807) is 11.0 Å². The Morgan fingerprint density at radius 3 is 2.29 bits per heavy atom. The number of benzene rings is 2. The van der Waals surface area contributed by atoms with Gasteiger partial charge in [0.15, 0.2) is 0 Å². The zero-order valence-electron chi connectivity index (χ0n) is 18.5. The molecule has 7 nitrogen and oxygen atoms in total. The number of carbonyl (C=O) groups is 2. The van der Waals surface area contributed by atoms with E-state index < -0.39 is 0 Å². The molecule has 0 radical (unpaired) electrons. The fraction of sp³-hybridized carbons (Fsp3) is 0.292. The molecule has 1 aromatic heterocycles. The SMILES string of the molecule is CCN(CC)C(=O)c1ccccc1NCC(=O)Nc1c(C)nn(-c2ccccc2)c1C. The van der Waals surface area contributed by atoms with E-state index in [0.717, 1.165) is 17.1 Å². The van der Waals surface area contributed by atoms with Crippen molar-refractivity contribution in [2.24, 2.45) is 0 Å². The molecule has 7 heteroatoms. The van der Waals surface area contributed by atoms with Crippen molar-refractivity contribution in [2.75, 3.05) is 30.3 Å². The number of nitrogens with zero attached hydrogens (tertiary/aromatic N) is 3. The average Bonchev–Trinajstić information content (AvgIpc) is 3.07. The summed E-state index contributed by atoms with van der Waals surface area (Å²) in [4.78, 5) is 27.2. The van der Waals surface area contributed by atoms with E-state index in [9.17, 15) is 9.59 Å². The quantitative estimate of drug-likeness (QED) is 0.578. The van der Waals surface area contributed by atoms with Crippen LogP contribution in [0, 0.1) is 13.8 Å². The normalized spacial score (nSPS) is 10.6. The zero-order chi connectivity index (χ0) is 22.4. The molecule has 2 N–H and O–H groups in total. The Labute approximate surface area is 183 Å². The van der Waals surface area contributed by atoms with Gasteiger partial charge in [0, 0.05) is 18.8 Å². The molecule has 0 bridgehead atoms. The molecular weight excluding hydrogens is 390 g/mol. The number of amides is 2. The second kappa shape index (κ2) is 9.93. The molecule has 0 unspecified atom stereocenters. The molecule has 0 spiro atoms. The first-order chi connectivity index (χ1) is 15.0. The first-order valence-electron chi connectivity index (χ1n) is 10.5. The molecule has 0 aliphatic rings. The van der Waals surface area contributed by atoms with Gasteiger partial charge >= 0.3 is 0 Å². The lowest BCUT2D eigenvalue weighted by molar-refractivity contribution is -0.114. The van der Waals surface area contributed by atoms with Crippen LogP contribution < -0.4 is 10.6 Å². The Balaban J connectivity index is 1.71. The number of rotatable bonds is 8. The highest BCUT2D eigenvalue weighted by atomic mass is 16.2. The fourth-order valence-corrected chi connectivity index (χ4v) is 3.51. The summed E-state index contributed by atoms with van der Waals surface area (Å²) in [7, 11) is 0. The molecular formula is C24H29N5O2. The van der Waals surface area contributed by atoms with Gasteiger partial charge in [0.05, 0.1) is 34.9 Å². The second-order valence-corrected chi connectivity index (χ2v) is 7.22. The molecule has 3 aromatic rings. The van der Waals surface area contributed by atoms with Gasteiger partial charge in [-0.25, -0.2) is 4.68 Å². The Morgan fingerprint density at radius 2 is 1.61 bits per heavy atom. The van der Waals surface area contributed by atoms with Crippen molar-refractivity contribution in [3.63, 3.8) is 0 Å². The Morgan fingerprint density at radius 1 is 0.968 bits per heavy atom. The van der Waals surface area contributed by atoms with Crippen LogP contribution in [0.2, 0.25) is 0 Å². The Hall–Kier alpha value is -3.61. The highest BCUT2D eigenvalue weighted by Gasteiger charge is 2.18. The molecule has 31 heavy (non-hydrogen) atoms. The number of hydrogen-bond acceptors (Lipinski definition) is 4. The summed E-state index contributed by atoms with van der Waals surface area (Å²) in [6, 6.07) is 17.0. The van der Waals surface area contributed by atoms with E-state index in [2.05, 4.69) is 15.7 Å². The van der Waals surface area contributed by atoms with E-state index in [1.807, 2.05) is 80.9 Å². The van der Waals surface area contributed by atoms with Crippen LogP contribution in [0.25, 0.3) is 5.69 Å². The van der Waals surface area contributed by atoms with Gasteiger partial charge < -0.3 is 15.5 Å². The van der Waals surface area contributed by atoms with Crippen LogP contribution in [0.5, 0.6) is 0 Å². The van der Waals surface area contributed by atoms with Gasteiger partial charge in [0.2, 0.25) is 5.91 Å². The maximum atomic E-state index is 12.8. The van der Waals surface area contributed by atoms with Gasteiger partial charge in [0.25, 0.3) is 5.91 Å². The maximum absolute atomic E-state index is 12.8. The summed E-state index contributed by atoms with van der Waals surface area (Å²) in [6.07, 6.45) is 0. The van der Waals surface area contributed by atoms with Crippen molar-refractivity contribution in [1.29, 1.82) is 0 Å². The molecule has 162 valence electrons. The first kappa shape index (κ1) is 22.1. The predicted octanol–water partition coefficient (Wildman–Crippen LogP) is 4.02. The van der Waals surface area contributed by atoms with Crippen LogP contribution in [0.15, 0.2) is 54.6 Å². The highest BCUT2D eigenvalue weighted by molar-refractivity contribution is 6.01. The summed E-state index contributed by atoms with van der Waals surface area (Å²) < 4.78 is 1.82. The summed E-state index contributed by atoms with van der Waals surface area (Å²) in [5.41, 5.74) is 4.43. The lowest BCUT2D eigenvalue weighted by atomic mass is 10.1. The van der Waals surface area contributed by atoms with Crippen LogP contribution in [0.1, 0.15) is 35.6 Å². The Kier molecular flexibility index (Phi) is 7.07. The summed E-state index contributed by atoms with van der Waals surface area (Å²) >= 11 is 0. The van der Waals surface area contributed by atoms with Crippen molar-refractivity contribution >= 4 is 23.2 Å². The van der Waals surface area contributed by atoms with Gasteiger partial charge in [-0.2, -0.15) is 5.10 Å². The molecule has 2 amide bonds. The zero-order valence-corrected chi connectivity index (χ0v) is 18.5. The molecule has 1 heterocycles. The lowest BCUT2D eigenvalue weighted by Gasteiger charge is -2.20. The van der Waals surface area contributed by atoms with Gasteiger partial charge in [-0.3, -0.25) is 9.59 Å². The van der Waals surface area contributed by atoms with E-state index in [1.165, 1.54) is 0 Å². The van der Waals surface area contributed by atoms with Crippen LogP contribution in [0.3, 0.4) is 0 Å². The smallest absolute Gasteiger partial charge is 0.255 e. The van der Waals surface area contributed by atoms with Crippen molar-refractivity contribution in [3.05, 3.63) is 71.5 Å². The van der Waals surface area contributed by atoms with Crippen molar-refractivity contribution in [3.8, 4) is 5.69 Å². The lowest BCUT2D eigenvalue weighted by Crippen LogP contribution is -2.31. The summed E-state index contributed by atoms with van der Waals surface area (Å²) in [6.45, 7) is 9.00. The van der Waals surface area contributed by atoms with Crippen molar-refractivity contribution < 1.29 is 9.59 Å². The fourth-order valence-electron chi connectivity index (χ4n) is 3.51. The molecule has 3 rings (SSSR count). The first-order valence-corrected chi connectivity index (χ1v) is 10.5. The minimum atomic E-state index is -0.205. The largest absolute Gasteiger partial charge is 0.376 e. The molecule has 0 fully saturated rings. The molecule has 0 saturated carbocycles. The number of carbonyl (C=O) groups excluding carboxylic acids is 2. The van der Waals surface area contributed by atoms with Crippen molar-refractivity contribution in [2.45, 2.75) is 27.7 Å². The third-order valence-electron chi connectivity index (χ3n) is 5.20. The predicted molar refractivity (Wildman–Crippen MR) is 124 cm³/mol. The summed E-state index contributed by atoms with van der Waals surface area (Å²) in [5, 5.41) is 10.6. The minimum absolute atomic E-state index is 0.0396. The molecule has 0 aliphatic heterocycles. The number of hydrogen-bond donors (Lipinski definition) is 2. The van der Waals surface area contributed by atoms with E-state index in [4.69, 9.17) is 0 Å². The van der Waals surface area contributed by atoms with Gasteiger partial charge in [-0.15, -0.1) is 0 Å². The van der Waals surface area contributed by atoms with Crippen LogP contribution in [-0.2, 0) is 4.79 Å². The highest BCUT2D eigenvalue weighted by Crippen LogP contribution is 2.23. The van der Waals surface area contributed by atoms with Gasteiger partial charge in [0.1, 0.15) is 0 Å². The summed E-state index contributed by atoms with van der Waals surface area (Å²) in [5.74, 6) is -0.256. The topological polar surface area (TPSA) is 79.3 Å². The molecule has 2 aromatic carbocycles. The monoisotopic (exact) mass is 419 g/mol. The average molecular weight is 420 g/mol. The van der Waals surface area contributed by atoms with Crippen molar-refractivity contribution in [1.82, 2.24) is 14.7 Å². The molecule has 0 saturated heterocycles. The third kappa shape index (κ3) is 4.94. The number of para-hydroxylation sites is 2. The van der Waals surface area contributed by atoms with Crippen LogP contribution in [-0.4, -0.2) is 46.1 Å². The number of aromatic nitrogens is 2. The molecule has 0 aliphatic carbocycles. The van der Waals surface area contributed by atoms with E-state index >= 15 is 0 Å². The molecule has 0 atom stereocenters. The van der Waals surface area contributed by atoms with E-state index in [-0.39, 0.29) is 18.4 Å². The van der Waals surface area contributed by atoms with Gasteiger partial charge in [-0.1, -0.05) is 30.3 Å². The standard InChI is InChI=1S/C24H29N5O2/c1-5-28(6-2)24(31)20-14-10-11-15-21(20)25-16-22(30)26-23-17(3)27-29(18(23)4)19-12-8-7-9-13-19/h7-15,25H,5-6,16H2,1-4H3,(H,26,30). The van der Waals surface area contributed by atoms with Crippen LogP contribution >= 0.6 is 0 Å². The number of nitrogens with one attached hydrogen (secondary N) is 2. The van der Waals surface area contributed by atoms with Gasteiger partial charge in [-0.05, 0) is 52.0 Å². The van der Waals surface area contributed by atoms with Crippen LogP contribution in [0.4, 0.5) is 11.4 Å². The Bertz CT molecular complexity index is 1060. The number of aryl methyl sites for hydroxylation is 1. The number of anilines is 2. The van der Waals surface area contributed by atoms with E-state index in [0.29, 0.717) is 30.0 Å². The maximum Gasteiger partial charge on any atom is 0.255 e. The second-order valence-electron chi connectivity index (χ2n) is 7.22.